The Labute approximate surface area is 325 Å². The minimum Gasteiger partial charge on any atom is -0.449 e. The van der Waals surface area contributed by atoms with Gasteiger partial charge in [0.25, 0.3) is 0 Å². The van der Waals surface area contributed by atoms with Crippen LogP contribution in [0, 0.1) is 0 Å². The van der Waals surface area contributed by atoms with Gasteiger partial charge in [-0.05, 0) is 110 Å². The Morgan fingerprint density at radius 3 is 1.79 bits per heavy atom. The van der Waals surface area contributed by atoms with Crippen molar-refractivity contribution >= 4 is 27.8 Å². The van der Waals surface area contributed by atoms with E-state index < -0.39 is 5.41 Å². The highest BCUT2D eigenvalue weighted by Gasteiger charge is 2.53. The fraction of sp³-hybridized carbons (Fsp3) is 0.0189. The van der Waals surface area contributed by atoms with Gasteiger partial charge in [-0.2, -0.15) is 0 Å². The molecule has 0 bridgehead atoms. The lowest BCUT2D eigenvalue weighted by Crippen LogP contribution is -2.26. The van der Waals surface area contributed by atoms with Crippen molar-refractivity contribution in [2.24, 2.45) is 0 Å². The second kappa shape index (κ2) is 11.8. The van der Waals surface area contributed by atoms with Crippen molar-refractivity contribution in [1.82, 2.24) is 0 Å². The smallest absolute Gasteiger partial charge is 0.178 e. The predicted octanol–water partition coefficient (Wildman–Crippen LogP) is 14.2. The molecular formula is C53H33NO2. The van der Waals surface area contributed by atoms with Crippen molar-refractivity contribution in [3.8, 4) is 56.4 Å². The Morgan fingerprint density at radius 2 is 1.00 bits per heavy atom. The number of benzene rings is 9. The number of hydrogen-bond donors (Lipinski definition) is 0. The van der Waals surface area contributed by atoms with Crippen LogP contribution in [0.4, 0.5) is 17.1 Å². The summed E-state index contributed by atoms with van der Waals surface area (Å²) in [6.07, 6.45) is 0. The third-order valence-electron chi connectivity index (χ3n) is 11.9. The molecule has 0 amide bonds. The van der Waals surface area contributed by atoms with Gasteiger partial charge in [-0.25, -0.2) is 0 Å². The zero-order valence-corrected chi connectivity index (χ0v) is 30.3. The highest BCUT2D eigenvalue weighted by atomic mass is 16.6. The molecule has 0 fully saturated rings. The van der Waals surface area contributed by atoms with Crippen LogP contribution in [0.3, 0.4) is 0 Å². The van der Waals surface area contributed by atoms with Gasteiger partial charge < -0.3 is 14.4 Å². The number of hydrogen-bond acceptors (Lipinski definition) is 3. The zero-order chi connectivity index (χ0) is 36.8. The highest BCUT2D eigenvalue weighted by molar-refractivity contribution is 6.00. The van der Waals surface area contributed by atoms with Gasteiger partial charge in [0.2, 0.25) is 0 Å². The van der Waals surface area contributed by atoms with Gasteiger partial charge in [0.15, 0.2) is 23.0 Å². The lowest BCUT2D eigenvalue weighted by molar-refractivity contribution is 0.360. The molecule has 262 valence electrons. The van der Waals surface area contributed by atoms with Crippen molar-refractivity contribution in [3.05, 3.63) is 222 Å². The molecule has 0 saturated heterocycles. The first-order valence-electron chi connectivity index (χ1n) is 19.2. The lowest BCUT2D eigenvalue weighted by Gasteiger charge is -2.31. The summed E-state index contributed by atoms with van der Waals surface area (Å²) in [4.78, 5) is 2.36. The van der Waals surface area contributed by atoms with E-state index in [0.29, 0.717) is 0 Å². The fourth-order valence-corrected chi connectivity index (χ4v) is 9.60. The third-order valence-corrected chi connectivity index (χ3v) is 11.9. The number of para-hydroxylation sites is 3. The summed E-state index contributed by atoms with van der Waals surface area (Å²) >= 11 is 0. The summed E-state index contributed by atoms with van der Waals surface area (Å²) in [5.41, 5.74) is 15.0. The maximum Gasteiger partial charge on any atom is 0.178 e. The largest absolute Gasteiger partial charge is 0.449 e. The van der Waals surface area contributed by atoms with E-state index in [1.807, 2.05) is 24.3 Å². The van der Waals surface area contributed by atoms with Crippen LogP contribution < -0.4 is 14.4 Å². The molecule has 56 heavy (non-hydrogen) atoms. The molecule has 2 aliphatic carbocycles. The first kappa shape index (κ1) is 31.0. The van der Waals surface area contributed by atoms with Crippen molar-refractivity contribution in [2.75, 3.05) is 4.90 Å². The minimum atomic E-state index is -0.526. The Bertz CT molecular complexity index is 2990. The van der Waals surface area contributed by atoms with Gasteiger partial charge in [-0.15, -0.1) is 0 Å². The molecule has 1 heterocycles. The monoisotopic (exact) mass is 715 g/mol. The Kier molecular flexibility index (Phi) is 6.55. The number of anilines is 3. The maximum absolute atomic E-state index is 6.78. The third kappa shape index (κ3) is 4.28. The molecule has 3 aliphatic rings. The second-order valence-electron chi connectivity index (χ2n) is 14.8. The molecule has 0 aromatic heterocycles. The van der Waals surface area contributed by atoms with Crippen molar-refractivity contribution in [3.63, 3.8) is 0 Å². The fourth-order valence-electron chi connectivity index (χ4n) is 9.60. The highest BCUT2D eigenvalue weighted by Crippen LogP contribution is 2.66. The van der Waals surface area contributed by atoms with E-state index in [9.17, 15) is 0 Å². The van der Waals surface area contributed by atoms with Crippen LogP contribution in [0.2, 0.25) is 0 Å². The quantitative estimate of drug-likeness (QED) is 0.181. The molecule has 9 aromatic carbocycles. The number of nitrogens with zero attached hydrogens (tertiary/aromatic N) is 1. The molecule has 9 aromatic rings. The van der Waals surface area contributed by atoms with Crippen LogP contribution in [-0.4, -0.2) is 0 Å². The molecule has 0 unspecified atom stereocenters. The van der Waals surface area contributed by atoms with Crippen LogP contribution >= 0.6 is 0 Å². The van der Waals surface area contributed by atoms with E-state index in [-0.39, 0.29) is 0 Å². The van der Waals surface area contributed by atoms with Gasteiger partial charge in [0, 0.05) is 22.3 Å². The van der Waals surface area contributed by atoms with Crippen molar-refractivity contribution in [1.29, 1.82) is 0 Å². The van der Waals surface area contributed by atoms with Crippen LogP contribution in [0.1, 0.15) is 22.3 Å². The van der Waals surface area contributed by atoms with Crippen LogP contribution in [0.25, 0.3) is 44.2 Å². The SMILES string of the molecule is c1ccc(N(c2ccc(-c3ccc4c(c3)C3(c5ccccc5-c5ccccc53)c3ccc5c(c3-4)Oc3ccccc3O5)cc2)c2cccc3ccccc23)cc1. The van der Waals surface area contributed by atoms with E-state index in [1.54, 1.807) is 0 Å². The molecule has 0 radical (unpaired) electrons. The normalized spacial score (nSPS) is 13.4. The number of ether oxygens (including phenoxy) is 2. The van der Waals surface area contributed by atoms with Crippen molar-refractivity contribution < 1.29 is 9.47 Å². The molecule has 1 aliphatic heterocycles. The van der Waals surface area contributed by atoms with Crippen LogP contribution in [0.15, 0.2) is 200 Å². The molecule has 0 N–H and O–H groups in total. The molecule has 1 spiro atoms. The van der Waals surface area contributed by atoms with E-state index in [0.717, 1.165) is 62.3 Å². The average Bonchev–Trinajstić information content (AvgIpc) is 3.74. The average molecular weight is 716 g/mol. The van der Waals surface area contributed by atoms with E-state index >= 15 is 0 Å². The first-order chi connectivity index (χ1) is 27.8. The van der Waals surface area contributed by atoms with E-state index in [4.69, 9.17) is 9.47 Å². The standard InChI is InChI=1S/C53H33NO2/c1-2-15-37(16-3-1)54(47-22-12-14-35-13-4-5-17-39(35)47)38-28-25-34(26-29-38)36-27-30-42-46(33-36)53(43-20-8-6-18-40(43)41-19-7-9-21-44(41)53)45-31-32-50-52(51(42)45)56-49-24-11-10-23-48(49)55-50/h1-33H. The molecule has 0 atom stereocenters. The predicted molar refractivity (Wildman–Crippen MR) is 227 cm³/mol. The number of fused-ring (bicyclic) bond motifs is 14. The van der Waals surface area contributed by atoms with Crippen LogP contribution in [0.5, 0.6) is 23.0 Å². The topological polar surface area (TPSA) is 21.7 Å². The lowest BCUT2D eigenvalue weighted by atomic mass is 9.70. The summed E-state index contributed by atoms with van der Waals surface area (Å²) in [6.45, 7) is 0. The van der Waals surface area contributed by atoms with Gasteiger partial charge in [0.05, 0.1) is 11.1 Å². The summed E-state index contributed by atoms with van der Waals surface area (Å²) in [5.74, 6) is 2.97. The van der Waals surface area contributed by atoms with Gasteiger partial charge in [-0.3, -0.25) is 0 Å². The second-order valence-corrected chi connectivity index (χ2v) is 14.8. The maximum atomic E-state index is 6.78. The molecular weight excluding hydrogens is 683 g/mol. The minimum absolute atomic E-state index is 0.526. The summed E-state index contributed by atoms with van der Waals surface area (Å²) in [7, 11) is 0. The zero-order valence-electron chi connectivity index (χ0n) is 30.3. The van der Waals surface area contributed by atoms with E-state index in [1.165, 1.54) is 44.2 Å². The molecule has 3 heteroatoms. The molecule has 3 nitrogen and oxygen atoms in total. The first-order valence-corrected chi connectivity index (χ1v) is 19.2. The van der Waals surface area contributed by atoms with Crippen molar-refractivity contribution in [2.45, 2.75) is 5.41 Å². The van der Waals surface area contributed by atoms with Gasteiger partial charge in [0.1, 0.15) is 0 Å². The van der Waals surface area contributed by atoms with E-state index in [2.05, 4.69) is 181 Å². The molecule has 0 saturated carbocycles. The Hall–Kier alpha value is -7.36. The van der Waals surface area contributed by atoms with Crippen LogP contribution in [-0.2, 0) is 5.41 Å². The van der Waals surface area contributed by atoms with Gasteiger partial charge in [-0.1, -0.05) is 146 Å². The molecule has 12 rings (SSSR count). The summed E-state index contributed by atoms with van der Waals surface area (Å²) in [6, 6.07) is 71.9. The number of rotatable bonds is 4. The summed E-state index contributed by atoms with van der Waals surface area (Å²) in [5, 5.41) is 2.43. The van der Waals surface area contributed by atoms with Gasteiger partial charge >= 0.3 is 0 Å². The summed E-state index contributed by atoms with van der Waals surface area (Å²) < 4.78 is 13.3. The Morgan fingerprint density at radius 1 is 0.375 bits per heavy atom. The Balaban J connectivity index is 1.04.